The lowest BCUT2D eigenvalue weighted by Gasteiger charge is -2.08. The maximum Gasteiger partial charge on any atom is 0.306 e. The van der Waals surface area contributed by atoms with E-state index in [1.54, 1.807) is 6.07 Å². The summed E-state index contributed by atoms with van der Waals surface area (Å²) in [7, 11) is 0. The molecule has 0 aromatic carbocycles. The Morgan fingerprint density at radius 1 is 1.64 bits per heavy atom. The summed E-state index contributed by atoms with van der Waals surface area (Å²) in [5.41, 5.74) is 5.34. The molecule has 1 aromatic rings. The number of nitrogens with two attached hydrogens (primary N) is 1. The molecule has 0 bridgehead atoms. The third-order valence-corrected chi connectivity index (χ3v) is 3.19. The second-order valence-corrected chi connectivity index (χ2v) is 4.82. The Balaban J connectivity index is 2.59. The highest BCUT2D eigenvalue weighted by molar-refractivity contribution is 7.16. The summed E-state index contributed by atoms with van der Waals surface area (Å²) in [5.74, 6) is -1.19. The van der Waals surface area contributed by atoms with E-state index in [4.69, 9.17) is 22.4 Å². The Labute approximate surface area is 91.5 Å². The zero-order valence-electron chi connectivity index (χ0n) is 7.57. The van der Waals surface area contributed by atoms with Gasteiger partial charge in [-0.3, -0.25) is 4.79 Å². The minimum atomic E-state index is -0.792. The van der Waals surface area contributed by atoms with Crippen LogP contribution >= 0.6 is 22.9 Å². The monoisotopic (exact) mass is 233 g/mol. The second-order valence-electron chi connectivity index (χ2n) is 3.02. The molecular formula is C9H12ClNO2S. The highest BCUT2D eigenvalue weighted by Crippen LogP contribution is 2.24. The van der Waals surface area contributed by atoms with Crippen molar-refractivity contribution in [3.05, 3.63) is 21.3 Å². The van der Waals surface area contributed by atoms with Gasteiger partial charge in [0, 0.05) is 4.88 Å². The van der Waals surface area contributed by atoms with Crippen LogP contribution < -0.4 is 5.73 Å². The standard InChI is InChI=1S/C9H12ClNO2S/c10-8-2-1-7(14-8)5-6(3-4-11)9(12)13/h1-2,6H,3-5,11H2,(H,12,13). The number of carboxylic acids is 1. The van der Waals surface area contributed by atoms with E-state index in [-0.39, 0.29) is 0 Å². The predicted molar refractivity (Wildman–Crippen MR) is 57.8 cm³/mol. The highest BCUT2D eigenvalue weighted by atomic mass is 35.5. The first-order valence-electron chi connectivity index (χ1n) is 4.30. The maximum atomic E-state index is 10.8. The van der Waals surface area contributed by atoms with Crippen LogP contribution in [0.25, 0.3) is 0 Å². The summed E-state index contributed by atoms with van der Waals surface area (Å²) in [4.78, 5) is 11.8. The van der Waals surface area contributed by atoms with Crippen LogP contribution in [0, 0.1) is 5.92 Å². The quantitative estimate of drug-likeness (QED) is 0.818. The third kappa shape index (κ3) is 3.29. The van der Waals surface area contributed by atoms with E-state index in [1.165, 1.54) is 11.3 Å². The molecule has 0 aliphatic heterocycles. The van der Waals surface area contributed by atoms with E-state index in [2.05, 4.69) is 0 Å². The zero-order chi connectivity index (χ0) is 10.6. The molecule has 5 heteroatoms. The molecule has 3 nitrogen and oxygen atoms in total. The fourth-order valence-corrected chi connectivity index (χ4v) is 2.39. The molecular weight excluding hydrogens is 222 g/mol. The van der Waals surface area contributed by atoms with E-state index in [1.807, 2.05) is 6.07 Å². The van der Waals surface area contributed by atoms with Crippen LogP contribution in [0.1, 0.15) is 11.3 Å². The van der Waals surface area contributed by atoms with Crippen LogP contribution in [-0.4, -0.2) is 17.6 Å². The minimum absolute atomic E-state index is 0.394. The van der Waals surface area contributed by atoms with Crippen molar-refractivity contribution in [3.63, 3.8) is 0 Å². The number of hydrogen-bond donors (Lipinski definition) is 2. The summed E-state index contributed by atoms with van der Waals surface area (Å²) in [6, 6.07) is 3.64. The van der Waals surface area contributed by atoms with E-state index in [0.29, 0.717) is 23.7 Å². The maximum absolute atomic E-state index is 10.8. The van der Waals surface area contributed by atoms with Crippen molar-refractivity contribution in [1.82, 2.24) is 0 Å². The first-order chi connectivity index (χ1) is 6.63. The van der Waals surface area contributed by atoms with Crippen LogP contribution in [0.2, 0.25) is 4.34 Å². The van der Waals surface area contributed by atoms with Crippen LogP contribution in [-0.2, 0) is 11.2 Å². The molecule has 3 N–H and O–H groups in total. The number of carboxylic acid groups (broad SMARTS) is 1. The van der Waals surface area contributed by atoms with Crippen molar-refractivity contribution >= 4 is 28.9 Å². The number of carbonyl (C=O) groups is 1. The van der Waals surface area contributed by atoms with Gasteiger partial charge < -0.3 is 10.8 Å². The van der Waals surface area contributed by atoms with Gasteiger partial charge in [0.1, 0.15) is 0 Å². The zero-order valence-corrected chi connectivity index (χ0v) is 9.14. The minimum Gasteiger partial charge on any atom is -0.481 e. The number of thiophene rings is 1. The Bertz CT molecular complexity index is 314. The smallest absolute Gasteiger partial charge is 0.306 e. The lowest BCUT2D eigenvalue weighted by Crippen LogP contribution is -2.19. The van der Waals surface area contributed by atoms with Gasteiger partial charge in [0.25, 0.3) is 0 Å². The molecule has 0 radical (unpaired) electrons. The molecule has 1 atom stereocenters. The summed E-state index contributed by atoms with van der Waals surface area (Å²) < 4.78 is 0.692. The Morgan fingerprint density at radius 2 is 2.36 bits per heavy atom. The largest absolute Gasteiger partial charge is 0.481 e. The lowest BCUT2D eigenvalue weighted by molar-refractivity contribution is -0.141. The first kappa shape index (κ1) is 11.5. The van der Waals surface area contributed by atoms with Crippen molar-refractivity contribution in [3.8, 4) is 0 Å². The van der Waals surface area contributed by atoms with Crippen molar-refractivity contribution in [2.24, 2.45) is 11.7 Å². The molecule has 1 rings (SSSR count). The summed E-state index contributed by atoms with van der Waals surface area (Å²) in [5, 5.41) is 8.89. The average molecular weight is 234 g/mol. The molecule has 0 aliphatic carbocycles. The van der Waals surface area contributed by atoms with Gasteiger partial charge in [-0.1, -0.05) is 11.6 Å². The van der Waals surface area contributed by atoms with Crippen LogP contribution in [0.4, 0.5) is 0 Å². The lowest BCUT2D eigenvalue weighted by atomic mass is 10.0. The Kier molecular flexibility index (Phi) is 4.38. The normalized spacial score (nSPS) is 12.7. The van der Waals surface area contributed by atoms with E-state index in [9.17, 15) is 4.79 Å². The molecule has 0 saturated heterocycles. The number of halogens is 1. The second kappa shape index (κ2) is 5.34. The molecule has 0 aliphatic rings. The molecule has 0 fully saturated rings. The summed E-state index contributed by atoms with van der Waals surface area (Å²) in [6.45, 7) is 0.399. The molecule has 0 amide bonds. The fraction of sp³-hybridized carbons (Fsp3) is 0.444. The van der Waals surface area contributed by atoms with Gasteiger partial charge in [-0.15, -0.1) is 11.3 Å². The van der Waals surface area contributed by atoms with E-state index >= 15 is 0 Å². The van der Waals surface area contributed by atoms with E-state index in [0.717, 1.165) is 4.88 Å². The van der Waals surface area contributed by atoms with Gasteiger partial charge in [-0.05, 0) is 31.5 Å². The van der Waals surface area contributed by atoms with Gasteiger partial charge in [0.15, 0.2) is 0 Å². The highest BCUT2D eigenvalue weighted by Gasteiger charge is 2.17. The van der Waals surface area contributed by atoms with Crippen LogP contribution in [0.3, 0.4) is 0 Å². The van der Waals surface area contributed by atoms with Crippen molar-refractivity contribution in [1.29, 1.82) is 0 Å². The van der Waals surface area contributed by atoms with Crippen LogP contribution in [0.15, 0.2) is 12.1 Å². The molecule has 0 saturated carbocycles. The van der Waals surface area contributed by atoms with Crippen molar-refractivity contribution in [2.45, 2.75) is 12.8 Å². The Morgan fingerprint density at radius 3 is 2.79 bits per heavy atom. The topological polar surface area (TPSA) is 63.3 Å². The average Bonchev–Trinajstić information content (AvgIpc) is 2.50. The SMILES string of the molecule is NCCC(Cc1ccc(Cl)s1)C(=O)O. The summed E-state index contributed by atoms with van der Waals surface area (Å²) in [6.07, 6.45) is 1.02. The van der Waals surface area contributed by atoms with Crippen LogP contribution in [0.5, 0.6) is 0 Å². The van der Waals surface area contributed by atoms with Gasteiger partial charge in [-0.25, -0.2) is 0 Å². The van der Waals surface area contributed by atoms with E-state index < -0.39 is 11.9 Å². The number of rotatable bonds is 5. The van der Waals surface area contributed by atoms with Gasteiger partial charge in [-0.2, -0.15) is 0 Å². The van der Waals surface area contributed by atoms with Gasteiger partial charge in [0.2, 0.25) is 0 Å². The molecule has 0 spiro atoms. The first-order valence-corrected chi connectivity index (χ1v) is 5.50. The third-order valence-electron chi connectivity index (χ3n) is 1.94. The van der Waals surface area contributed by atoms with Gasteiger partial charge in [0.05, 0.1) is 10.3 Å². The number of aliphatic carboxylic acids is 1. The predicted octanol–water partition coefficient (Wildman–Crippen LogP) is 1.99. The molecule has 14 heavy (non-hydrogen) atoms. The Hall–Kier alpha value is -0.580. The molecule has 78 valence electrons. The summed E-state index contributed by atoms with van der Waals surface area (Å²) >= 11 is 7.17. The van der Waals surface area contributed by atoms with Gasteiger partial charge >= 0.3 is 5.97 Å². The molecule has 1 aromatic heterocycles. The van der Waals surface area contributed by atoms with Crippen molar-refractivity contribution < 1.29 is 9.90 Å². The fourth-order valence-electron chi connectivity index (χ4n) is 1.22. The number of hydrogen-bond acceptors (Lipinski definition) is 3. The molecule has 1 unspecified atom stereocenters. The van der Waals surface area contributed by atoms with Crippen molar-refractivity contribution in [2.75, 3.05) is 6.54 Å². The molecule has 1 heterocycles.